The molecule has 0 aliphatic rings. The van der Waals surface area contributed by atoms with Crippen molar-refractivity contribution in [2.45, 2.75) is 12.5 Å². The Labute approximate surface area is 117 Å². The van der Waals surface area contributed by atoms with E-state index < -0.39 is 24.0 Å². The molecule has 2 rings (SSSR count). The molecule has 0 spiro atoms. The number of para-hydroxylation sites is 1. The fraction of sp³-hybridized carbons (Fsp3) is 0.143. The quantitative estimate of drug-likeness (QED) is 0.675. The largest absolute Gasteiger partial charge is 0.573 e. The van der Waals surface area contributed by atoms with E-state index in [1.807, 2.05) is 0 Å². The summed E-state index contributed by atoms with van der Waals surface area (Å²) in [5.74, 6) is -1.23. The number of hydrogen-bond donors (Lipinski definition) is 2. The Bertz CT molecular complexity index is 643. The monoisotopic (exact) mass is 301 g/mol. The van der Waals surface area contributed by atoms with Crippen molar-refractivity contribution < 1.29 is 27.4 Å². The van der Waals surface area contributed by atoms with Gasteiger partial charge in [-0.1, -0.05) is 18.2 Å². The Morgan fingerprint density at radius 3 is 2.38 bits per heavy atom. The van der Waals surface area contributed by atoms with E-state index in [2.05, 4.69) is 4.74 Å². The molecule has 0 aliphatic heterocycles. The third-order valence-corrected chi connectivity index (χ3v) is 2.78. The van der Waals surface area contributed by atoms with Crippen LogP contribution >= 0.6 is 0 Å². The van der Waals surface area contributed by atoms with Crippen LogP contribution in [0, 0.1) is 5.82 Å². The van der Waals surface area contributed by atoms with Crippen LogP contribution in [0.4, 0.5) is 23.2 Å². The summed E-state index contributed by atoms with van der Waals surface area (Å²) in [5.41, 5.74) is 5.48. The van der Waals surface area contributed by atoms with E-state index in [9.17, 15) is 22.7 Å². The zero-order valence-corrected chi connectivity index (χ0v) is 10.6. The minimum Gasteiger partial charge on any atom is -0.405 e. The molecule has 1 unspecified atom stereocenters. The van der Waals surface area contributed by atoms with Gasteiger partial charge in [-0.2, -0.15) is 0 Å². The maximum absolute atomic E-state index is 13.2. The Balaban J connectivity index is 2.44. The van der Waals surface area contributed by atoms with Crippen LogP contribution < -0.4 is 10.5 Å². The van der Waals surface area contributed by atoms with Gasteiger partial charge in [0.25, 0.3) is 0 Å². The first kappa shape index (κ1) is 15.1. The van der Waals surface area contributed by atoms with Crippen molar-refractivity contribution >= 4 is 5.69 Å². The fourth-order valence-electron chi connectivity index (χ4n) is 1.87. The van der Waals surface area contributed by atoms with Crippen molar-refractivity contribution in [3.8, 4) is 5.75 Å². The van der Waals surface area contributed by atoms with Crippen LogP contribution in [0.1, 0.15) is 17.2 Å². The highest BCUT2D eigenvalue weighted by atomic mass is 19.4. The molecule has 1 atom stereocenters. The van der Waals surface area contributed by atoms with Gasteiger partial charge >= 0.3 is 6.36 Å². The number of anilines is 1. The maximum Gasteiger partial charge on any atom is 0.573 e. The van der Waals surface area contributed by atoms with Crippen LogP contribution in [-0.2, 0) is 0 Å². The first-order chi connectivity index (χ1) is 9.78. The fourth-order valence-corrected chi connectivity index (χ4v) is 1.87. The summed E-state index contributed by atoms with van der Waals surface area (Å²) in [4.78, 5) is 0. The van der Waals surface area contributed by atoms with Gasteiger partial charge in [0.1, 0.15) is 17.7 Å². The Hall–Kier alpha value is -2.28. The number of halogens is 4. The smallest absolute Gasteiger partial charge is 0.405 e. The molecular weight excluding hydrogens is 290 g/mol. The van der Waals surface area contributed by atoms with Crippen LogP contribution in [0.25, 0.3) is 0 Å². The lowest BCUT2D eigenvalue weighted by Crippen LogP contribution is -2.19. The van der Waals surface area contributed by atoms with Crippen molar-refractivity contribution in [3.63, 3.8) is 0 Å². The van der Waals surface area contributed by atoms with Gasteiger partial charge in [0.15, 0.2) is 0 Å². The van der Waals surface area contributed by atoms with Gasteiger partial charge in [0.2, 0.25) is 0 Å². The summed E-state index contributed by atoms with van der Waals surface area (Å²) in [6.45, 7) is 0. The van der Waals surface area contributed by atoms with Gasteiger partial charge in [-0.25, -0.2) is 4.39 Å². The SMILES string of the molecule is Nc1ccc(F)cc1C(O)c1ccccc1OC(F)(F)F. The van der Waals surface area contributed by atoms with Crippen molar-refractivity contribution in [1.29, 1.82) is 0 Å². The molecule has 0 saturated carbocycles. The third kappa shape index (κ3) is 3.63. The summed E-state index contributed by atoms with van der Waals surface area (Å²) in [7, 11) is 0. The normalized spacial score (nSPS) is 13.0. The van der Waals surface area contributed by atoms with E-state index in [0.717, 1.165) is 18.2 Å². The van der Waals surface area contributed by atoms with Crippen LogP contribution in [0.5, 0.6) is 5.75 Å². The van der Waals surface area contributed by atoms with Crippen molar-refractivity contribution in [1.82, 2.24) is 0 Å². The first-order valence-electron chi connectivity index (χ1n) is 5.85. The molecule has 0 amide bonds. The topological polar surface area (TPSA) is 55.5 Å². The number of ether oxygens (including phenoxy) is 1. The van der Waals surface area contributed by atoms with E-state index in [1.54, 1.807) is 0 Å². The van der Waals surface area contributed by atoms with Crippen LogP contribution in [-0.4, -0.2) is 11.5 Å². The number of aliphatic hydroxyl groups is 1. The van der Waals surface area contributed by atoms with Gasteiger partial charge in [-0.15, -0.1) is 13.2 Å². The number of aliphatic hydroxyl groups excluding tert-OH is 1. The first-order valence-corrected chi connectivity index (χ1v) is 5.85. The lowest BCUT2D eigenvalue weighted by atomic mass is 9.99. The van der Waals surface area contributed by atoms with Crippen molar-refractivity contribution in [2.24, 2.45) is 0 Å². The number of hydrogen-bond acceptors (Lipinski definition) is 3. The molecule has 0 aliphatic carbocycles. The van der Waals surface area contributed by atoms with Crippen molar-refractivity contribution in [2.75, 3.05) is 5.73 Å². The molecule has 21 heavy (non-hydrogen) atoms. The highest BCUT2D eigenvalue weighted by Gasteiger charge is 2.33. The molecule has 3 nitrogen and oxygen atoms in total. The van der Waals surface area contributed by atoms with E-state index in [-0.39, 0.29) is 16.8 Å². The third-order valence-electron chi connectivity index (χ3n) is 2.78. The highest BCUT2D eigenvalue weighted by Crippen LogP contribution is 2.35. The van der Waals surface area contributed by atoms with E-state index in [0.29, 0.717) is 0 Å². The zero-order valence-electron chi connectivity index (χ0n) is 10.6. The second kappa shape index (κ2) is 5.61. The molecule has 0 bridgehead atoms. The summed E-state index contributed by atoms with van der Waals surface area (Å²) in [6.07, 6.45) is -6.44. The van der Waals surface area contributed by atoms with Gasteiger partial charge in [0.05, 0.1) is 0 Å². The van der Waals surface area contributed by atoms with Gasteiger partial charge in [-0.3, -0.25) is 0 Å². The van der Waals surface area contributed by atoms with Crippen LogP contribution in [0.3, 0.4) is 0 Å². The Kier molecular flexibility index (Phi) is 4.04. The average molecular weight is 301 g/mol. The van der Waals surface area contributed by atoms with E-state index in [4.69, 9.17) is 5.73 Å². The molecule has 2 aromatic rings. The summed E-state index contributed by atoms with van der Waals surface area (Å²) in [6, 6.07) is 8.33. The molecule has 0 fully saturated rings. The lowest BCUT2D eigenvalue weighted by molar-refractivity contribution is -0.275. The number of nitrogen functional groups attached to an aromatic ring is 1. The van der Waals surface area contributed by atoms with Gasteiger partial charge in [-0.05, 0) is 24.3 Å². The summed E-state index contributed by atoms with van der Waals surface area (Å²) >= 11 is 0. The highest BCUT2D eigenvalue weighted by molar-refractivity contribution is 5.52. The predicted molar refractivity (Wildman–Crippen MR) is 68.0 cm³/mol. The predicted octanol–water partition coefficient (Wildman–Crippen LogP) is 3.39. The Morgan fingerprint density at radius 1 is 1.05 bits per heavy atom. The van der Waals surface area contributed by atoms with Crippen LogP contribution in [0.15, 0.2) is 42.5 Å². The van der Waals surface area contributed by atoms with Crippen LogP contribution in [0.2, 0.25) is 0 Å². The number of nitrogens with two attached hydrogens (primary N) is 1. The molecular formula is C14H11F4NO2. The lowest BCUT2D eigenvalue weighted by Gasteiger charge is -2.18. The molecule has 0 radical (unpaired) electrons. The maximum atomic E-state index is 13.2. The number of rotatable bonds is 3. The van der Waals surface area contributed by atoms with Gasteiger partial charge < -0.3 is 15.6 Å². The molecule has 2 aromatic carbocycles. The molecule has 112 valence electrons. The van der Waals surface area contributed by atoms with E-state index in [1.165, 1.54) is 24.3 Å². The minimum absolute atomic E-state index is 0.0341. The number of benzene rings is 2. The average Bonchev–Trinajstić information content (AvgIpc) is 2.39. The Morgan fingerprint density at radius 2 is 1.71 bits per heavy atom. The molecule has 0 heterocycles. The second-order valence-corrected chi connectivity index (χ2v) is 4.26. The zero-order chi connectivity index (χ0) is 15.6. The number of alkyl halides is 3. The minimum atomic E-state index is -4.90. The molecule has 0 saturated heterocycles. The molecule has 3 N–H and O–H groups in total. The summed E-state index contributed by atoms with van der Waals surface area (Å²) in [5, 5.41) is 10.2. The standard InChI is InChI=1S/C14H11F4NO2/c15-8-5-6-11(19)10(7-8)13(20)9-3-1-2-4-12(9)21-14(16,17)18/h1-7,13,20H,19H2. The summed E-state index contributed by atoms with van der Waals surface area (Å²) < 4.78 is 54.1. The molecule has 7 heteroatoms. The second-order valence-electron chi connectivity index (χ2n) is 4.26. The van der Waals surface area contributed by atoms with Gasteiger partial charge in [0, 0.05) is 16.8 Å². The molecule has 0 aromatic heterocycles. The van der Waals surface area contributed by atoms with Crippen molar-refractivity contribution in [3.05, 3.63) is 59.4 Å². The van der Waals surface area contributed by atoms with E-state index >= 15 is 0 Å².